The Morgan fingerprint density at radius 2 is 1.88 bits per heavy atom. The van der Waals surface area contributed by atoms with Gasteiger partial charge in [-0.05, 0) is 30.5 Å². The number of hydrogen-bond donors (Lipinski definition) is 2. The Morgan fingerprint density at radius 1 is 1.08 bits per heavy atom. The van der Waals surface area contributed by atoms with Gasteiger partial charge in [0.25, 0.3) is 5.91 Å². The lowest BCUT2D eigenvalue weighted by Gasteiger charge is -2.10. The molecule has 0 saturated carbocycles. The number of methoxy groups -OCH3 is 2. The van der Waals surface area contributed by atoms with Gasteiger partial charge >= 0.3 is 0 Å². The van der Waals surface area contributed by atoms with E-state index in [1.54, 1.807) is 20.4 Å². The molecule has 1 amide bonds. The molecule has 2 rings (SSSR count). The van der Waals surface area contributed by atoms with E-state index in [4.69, 9.17) is 9.47 Å². The van der Waals surface area contributed by atoms with Crippen molar-refractivity contribution in [3.8, 4) is 11.5 Å². The molecule has 0 atom stereocenters. The van der Waals surface area contributed by atoms with E-state index in [2.05, 4.69) is 27.5 Å². The van der Waals surface area contributed by atoms with Crippen LogP contribution in [-0.2, 0) is 6.42 Å². The Kier molecular flexibility index (Phi) is 7.67. The van der Waals surface area contributed by atoms with Gasteiger partial charge in [-0.2, -0.15) is 0 Å². The molecular weight excluding hydrogens is 332 g/mol. The molecule has 0 bridgehead atoms. The maximum absolute atomic E-state index is 11.9. The van der Waals surface area contributed by atoms with E-state index in [9.17, 15) is 4.79 Å². The molecule has 0 aliphatic rings. The second-order valence-corrected chi connectivity index (χ2v) is 5.76. The normalized spacial score (nSPS) is 10.3. The largest absolute Gasteiger partial charge is 0.493 e. The molecule has 0 fully saturated rings. The molecule has 1 heterocycles. The summed E-state index contributed by atoms with van der Waals surface area (Å²) < 4.78 is 10.5. The van der Waals surface area contributed by atoms with E-state index >= 15 is 0 Å². The number of hydrogen-bond acceptors (Lipinski definition) is 6. The van der Waals surface area contributed by atoms with E-state index in [0.717, 1.165) is 24.8 Å². The third-order valence-corrected chi connectivity index (χ3v) is 3.87. The Labute approximate surface area is 154 Å². The lowest BCUT2D eigenvalue weighted by atomic mass is 10.1. The molecular formula is C19H26N4O3. The number of benzene rings is 1. The number of rotatable bonds is 10. The lowest BCUT2D eigenvalue weighted by molar-refractivity contribution is 0.0948. The summed E-state index contributed by atoms with van der Waals surface area (Å²) >= 11 is 0. The number of ether oxygens (including phenoxy) is 2. The van der Waals surface area contributed by atoms with Gasteiger partial charge in [0.15, 0.2) is 11.5 Å². The summed E-state index contributed by atoms with van der Waals surface area (Å²) in [5.41, 5.74) is 1.45. The number of carbonyl (C=O) groups is 1. The van der Waals surface area contributed by atoms with E-state index in [-0.39, 0.29) is 5.91 Å². The Morgan fingerprint density at radius 3 is 2.54 bits per heavy atom. The van der Waals surface area contributed by atoms with Crippen molar-refractivity contribution < 1.29 is 14.3 Å². The van der Waals surface area contributed by atoms with Gasteiger partial charge in [0.2, 0.25) is 0 Å². The number of unbranched alkanes of at least 4 members (excludes halogenated alkanes) is 1. The second-order valence-electron chi connectivity index (χ2n) is 5.76. The third kappa shape index (κ3) is 5.61. The number of amides is 1. The summed E-state index contributed by atoms with van der Waals surface area (Å²) in [6.45, 7) is 3.42. The molecule has 2 N–H and O–H groups in total. The van der Waals surface area contributed by atoms with Gasteiger partial charge in [0.05, 0.1) is 26.6 Å². The van der Waals surface area contributed by atoms with E-state index in [1.807, 2.05) is 18.2 Å². The summed E-state index contributed by atoms with van der Waals surface area (Å²) in [6, 6.07) is 5.84. The quantitative estimate of drug-likeness (QED) is 0.635. The molecule has 0 radical (unpaired) electrons. The van der Waals surface area contributed by atoms with Crippen molar-refractivity contribution in [1.29, 1.82) is 0 Å². The van der Waals surface area contributed by atoms with Crippen LogP contribution in [0.3, 0.4) is 0 Å². The fourth-order valence-corrected chi connectivity index (χ4v) is 2.38. The minimum Gasteiger partial charge on any atom is -0.493 e. The molecule has 26 heavy (non-hydrogen) atoms. The minimum atomic E-state index is -0.192. The molecule has 1 aromatic carbocycles. The van der Waals surface area contributed by atoms with E-state index in [1.165, 1.54) is 6.20 Å². The monoisotopic (exact) mass is 358 g/mol. The molecule has 0 unspecified atom stereocenters. The Balaban J connectivity index is 1.83. The molecule has 0 saturated heterocycles. The van der Waals surface area contributed by atoms with Crippen LogP contribution in [-0.4, -0.2) is 43.2 Å². The number of anilines is 1. The molecule has 0 spiro atoms. The highest BCUT2D eigenvalue weighted by molar-refractivity contribution is 5.91. The van der Waals surface area contributed by atoms with Gasteiger partial charge in [0.1, 0.15) is 11.5 Å². The van der Waals surface area contributed by atoms with Crippen molar-refractivity contribution in [3.05, 3.63) is 41.9 Å². The highest BCUT2D eigenvalue weighted by Crippen LogP contribution is 2.27. The third-order valence-electron chi connectivity index (χ3n) is 3.87. The van der Waals surface area contributed by atoms with Crippen LogP contribution in [0.1, 0.15) is 35.8 Å². The average Bonchev–Trinajstić information content (AvgIpc) is 2.68. The summed E-state index contributed by atoms with van der Waals surface area (Å²) in [7, 11) is 3.24. The van der Waals surface area contributed by atoms with Crippen molar-refractivity contribution in [2.45, 2.75) is 26.2 Å². The van der Waals surface area contributed by atoms with Gasteiger partial charge in [-0.3, -0.25) is 4.79 Å². The SMILES string of the molecule is CCCCNC(=O)c1cnc(NCCc2ccc(OC)c(OC)c2)cn1. The van der Waals surface area contributed by atoms with Crippen molar-refractivity contribution in [3.63, 3.8) is 0 Å². The maximum atomic E-state index is 11.9. The van der Waals surface area contributed by atoms with Crippen LogP contribution >= 0.6 is 0 Å². The molecule has 7 nitrogen and oxygen atoms in total. The fourth-order valence-electron chi connectivity index (χ4n) is 2.38. The Bertz CT molecular complexity index is 704. The molecule has 0 aliphatic heterocycles. The van der Waals surface area contributed by atoms with Crippen LogP contribution < -0.4 is 20.1 Å². The first kappa shape index (κ1) is 19.5. The van der Waals surface area contributed by atoms with E-state index in [0.29, 0.717) is 36.1 Å². The standard InChI is InChI=1S/C19H26N4O3/c1-4-5-9-21-19(24)15-12-23-18(13-22-15)20-10-8-14-6-7-16(25-2)17(11-14)26-3/h6-7,11-13H,4-5,8-10H2,1-3H3,(H,20,23)(H,21,24). The van der Waals surface area contributed by atoms with Gasteiger partial charge in [-0.15, -0.1) is 0 Å². The summed E-state index contributed by atoms with van der Waals surface area (Å²) in [6.07, 6.45) is 5.84. The zero-order chi connectivity index (χ0) is 18.8. The number of carbonyl (C=O) groups excluding carboxylic acids is 1. The highest BCUT2D eigenvalue weighted by atomic mass is 16.5. The molecule has 7 heteroatoms. The second kappa shape index (κ2) is 10.2. The van der Waals surface area contributed by atoms with Gasteiger partial charge in [-0.1, -0.05) is 19.4 Å². The zero-order valence-corrected chi connectivity index (χ0v) is 15.5. The minimum absolute atomic E-state index is 0.192. The molecule has 0 aliphatic carbocycles. The summed E-state index contributed by atoms with van der Waals surface area (Å²) in [5, 5.41) is 6.02. The van der Waals surface area contributed by atoms with E-state index < -0.39 is 0 Å². The van der Waals surface area contributed by atoms with Crippen molar-refractivity contribution in [2.75, 3.05) is 32.6 Å². The molecule has 2 aromatic rings. The first-order valence-corrected chi connectivity index (χ1v) is 8.73. The average molecular weight is 358 g/mol. The number of nitrogens with one attached hydrogen (secondary N) is 2. The maximum Gasteiger partial charge on any atom is 0.271 e. The molecule has 140 valence electrons. The van der Waals surface area contributed by atoms with Gasteiger partial charge in [0, 0.05) is 13.1 Å². The first-order valence-electron chi connectivity index (χ1n) is 8.73. The first-order chi connectivity index (χ1) is 12.7. The van der Waals surface area contributed by atoms with Crippen LogP contribution in [0.5, 0.6) is 11.5 Å². The van der Waals surface area contributed by atoms with Crippen molar-refractivity contribution in [2.24, 2.45) is 0 Å². The molecule has 1 aromatic heterocycles. The van der Waals surface area contributed by atoms with Crippen LogP contribution in [0, 0.1) is 0 Å². The summed E-state index contributed by atoms with van der Waals surface area (Å²) in [5.74, 6) is 1.87. The van der Waals surface area contributed by atoms with Crippen LogP contribution in [0.25, 0.3) is 0 Å². The smallest absolute Gasteiger partial charge is 0.271 e. The van der Waals surface area contributed by atoms with Crippen LogP contribution in [0.4, 0.5) is 5.82 Å². The van der Waals surface area contributed by atoms with Crippen LogP contribution in [0.2, 0.25) is 0 Å². The fraction of sp³-hybridized carbons (Fsp3) is 0.421. The predicted octanol–water partition coefficient (Wildman–Crippen LogP) is 2.68. The summed E-state index contributed by atoms with van der Waals surface area (Å²) in [4.78, 5) is 20.3. The Hall–Kier alpha value is -2.83. The topological polar surface area (TPSA) is 85.4 Å². The number of aromatic nitrogens is 2. The predicted molar refractivity (Wildman–Crippen MR) is 101 cm³/mol. The number of nitrogens with zero attached hydrogens (tertiary/aromatic N) is 2. The van der Waals surface area contributed by atoms with Crippen molar-refractivity contribution >= 4 is 11.7 Å². The van der Waals surface area contributed by atoms with Gasteiger partial charge in [-0.25, -0.2) is 9.97 Å². The lowest BCUT2D eigenvalue weighted by Crippen LogP contribution is -2.25. The van der Waals surface area contributed by atoms with Gasteiger partial charge < -0.3 is 20.1 Å². The highest BCUT2D eigenvalue weighted by Gasteiger charge is 2.07. The van der Waals surface area contributed by atoms with Crippen molar-refractivity contribution in [1.82, 2.24) is 15.3 Å². The zero-order valence-electron chi connectivity index (χ0n) is 15.5. The van der Waals surface area contributed by atoms with Crippen LogP contribution in [0.15, 0.2) is 30.6 Å².